The highest BCUT2D eigenvalue weighted by atomic mass is 16.5. The quantitative estimate of drug-likeness (QED) is 0.556. The van der Waals surface area contributed by atoms with Gasteiger partial charge >= 0.3 is 0 Å². The zero-order valence-corrected chi connectivity index (χ0v) is 14.3. The van der Waals surface area contributed by atoms with E-state index in [1.54, 1.807) is 28.7 Å². The van der Waals surface area contributed by atoms with Crippen LogP contribution < -0.4 is 5.48 Å². The third-order valence-corrected chi connectivity index (χ3v) is 4.84. The van der Waals surface area contributed by atoms with E-state index in [1.807, 2.05) is 31.3 Å². The summed E-state index contributed by atoms with van der Waals surface area (Å²) in [5.74, 6) is -0.452. The van der Waals surface area contributed by atoms with Crippen LogP contribution >= 0.6 is 0 Å². The molecule has 7 nitrogen and oxygen atoms in total. The maximum Gasteiger partial charge on any atom is 0.274 e. The van der Waals surface area contributed by atoms with Gasteiger partial charge in [0.15, 0.2) is 0 Å². The number of hydrogen-bond donors (Lipinski definition) is 2. The number of benzene rings is 1. The van der Waals surface area contributed by atoms with Crippen LogP contribution in [-0.2, 0) is 24.3 Å². The molecule has 3 aromatic rings. The summed E-state index contributed by atoms with van der Waals surface area (Å²) in [6.07, 6.45) is 2.11. The second-order valence-corrected chi connectivity index (χ2v) is 6.45. The second-order valence-electron chi connectivity index (χ2n) is 6.45. The molecule has 2 aromatic heterocycles. The lowest BCUT2D eigenvalue weighted by Gasteiger charge is -2.24. The van der Waals surface area contributed by atoms with E-state index in [1.165, 1.54) is 0 Å². The number of fused-ring (bicyclic) bond motifs is 3. The Labute approximate surface area is 149 Å². The molecule has 0 atom stereocenters. The summed E-state index contributed by atoms with van der Waals surface area (Å²) in [6, 6.07) is 10.9. The zero-order valence-electron chi connectivity index (χ0n) is 14.3. The van der Waals surface area contributed by atoms with Crippen molar-refractivity contribution in [2.45, 2.75) is 19.5 Å². The highest BCUT2D eigenvalue weighted by molar-refractivity contribution is 5.93. The van der Waals surface area contributed by atoms with Crippen molar-refractivity contribution in [2.24, 2.45) is 0 Å². The summed E-state index contributed by atoms with van der Waals surface area (Å²) < 4.78 is 2.08. The van der Waals surface area contributed by atoms with E-state index in [4.69, 9.17) is 5.21 Å². The topological polar surface area (TPSA) is 87.5 Å². The Kier molecular flexibility index (Phi) is 3.93. The van der Waals surface area contributed by atoms with Crippen LogP contribution in [0.15, 0.2) is 42.6 Å². The third-order valence-electron chi connectivity index (χ3n) is 4.84. The molecule has 1 aliphatic rings. The molecule has 2 N–H and O–H groups in total. The van der Waals surface area contributed by atoms with Crippen molar-refractivity contribution in [1.82, 2.24) is 19.9 Å². The van der Waals surface area contributed by atoms with E-state index in [0.717, 1.165) is 27.9 Å². The zero-order chi connectivity index (χ0) is 18.3. The van der Waals surface area contributed by atoms with Gasteiger partial charge in [-0.05, 0) is 29.8 Å². The van der Waals surface area contributed by atoms with Gasteiger partial charge in [-0.2, -0.15) is 0 Å². The van der Waals surface area contributed by atoms with E-state index in [-0.39, 0.29) is 5.91 Å². The smallest absolute Gasteiger partial charge is 0.274 e. The minimum Gasteiger partial charge on any atom is -0.341 e. The maximum atomic E-state index is 12.2. The lowest BCUT2D eigenvalue weighted by atomic mass is 10.1. The van der Waals surface area contributed by atoms with Crippen LogP contribution in [0, 0.1) is 0 Å². The van der Waals surface area contributed by atoms with Gasteiger partial charge in [0.1, 0.15) is 5.65 Å². The number of nitrogens with one attached hydrogen (secondary N) is 1. The Balaban J connectivity index is 1.76. The Bertz CT molecular complexity index is 1010. The fourth-order valence-corrected chi connectivity index (χ4v) is 3.45. The minimum atomic E-state index is -0.546. The summed E-state index contributed by atoms with van der Waals surface area (Å²) in [5.41, 5.74) is 5.99. The number of hydrogen-bond acceptors (Lipinski definition) is 4. The minimum absolute atomic E-state index is 0.0940. The normalized spacial score (nSPS) is 13.8. The molecule has 132 valence electrons. The van der Waals surface area contributed by atoms with Crippen LogP contribution in [0.25, 0.3) is 11.0 Å². The largest absolute Gasteiger partial charge is 0.341 e. The summed E-state index contributed by atoms with van der Waals surface area (Å²) in [5, 5.41) is 9.78. The van der Waals surface area contributed by atoms with Gasteiger partial charge in [0.25, 0.3) is 5.91 Å². The Morgan fingerprint density at radius 1 is 1.27 bits per heavy atom. The molecule has 1 aliphatic heterocycles. The fourth-order valence-electron chi connectivity index (χ4n) is 3.45. The number of hydroxylamine groups is 1. The van der Waals surface area contributed by atoms with E-state index >= 15 is 0 Å². The summed E-state index contributed by atoms with van der Waals surface area (Å²) in [6.45, 7) is 1.14. The van der Waals surface area contributed by atoms with Gasteiger partial charge in [0.2, 0.25) is 5.91 Å². The molecular weight excluding hydrogens is 332 g/mol. The van der Waals surface area contributed by atoms with Crippen LogP contribution in [0.1, 0.15) is 27.2 Å². The maximum absolute atomic E-state index is 12.2. The van der Waals surface area contributed by atoms with Gasteiger partial charge in [-0.25, -0.2) is 10.5 Å². The summed E-state index contributed by atoms with van der Waals surface area (Å²) in [7, 11) is 1.82. The first-order valence-electron chi connectivity index (χ1n) is 8.31. The molecule has 0 fully saturated rings. The molecule has 4 rings (SSSR count). The van der Waals surface area contributed by atoms with Crippen molar-refractivity contribution in [3.8, 4) is 0 Å². The highest BCUT2D eigenvalue weighted by Gasteiger charge is 2.27. The number of carbonyl (C=O) groups is 2. The Hall–Kier alpha value is -3.19. The van der Waals surface area contributed by atoms with Crippen molar-refractivity contribution in [3.63, 3.8) is 0 Å². The molecule has 0 spiro atoms. The molecule has 1 aromatic carbocycles. The van der Waals surface area contributed by atoms with E-state index < -0.39 is 5.91 Å². The number of nitrogens with zero attached hydrogens (tertiary/aromatic N) is 3. The lowest BCUT2D eigenvalue weighted by molar-refractivity contribution is -0.130. The monoisotopic (exact) mass is 350 g/mol. The second kappa shape index (κ2) is 6.27. The first-order valence-corrected chi connectivity index (χ1v) is 8.31. The number of rotatable bonds is 3. The number of amides is 2. The Morgan fingerprint density at radius 2 is 2.04 bits per heavy atom. The number of aromatic nitrogens is 2. The molecule has 0 saturated heterocycles. The molecule has 2 amide bonds. The third kappa shape index (κ3) is 2.62. The number of pyridine rings is 1. The predicted molar refractivity (Wildman–Crippen MR) is 94.7 cm³/mol. The molecule has 0 unspecified atom stereocenters. The van der Waals surface area contributed by atoms with Gasteiger partial charge in [-0.1, -0.05) is 12.1 Å². The van der Waals surface area contributed by atoms with Crippen molar-refractivity contribution < 1.29 is 14.8 Å². The molecule has 0 saturated carbocycles. The molecule has 7 heteroatoms. The van der Waals surface area contributed by atoms with E-state index in [9.17, 15) is 9.59 Å². The number of carbonyl (C=O) groups excluding carboxylic acids is 2. The molecule has 26 heavy (non-hydrogen) atoms. The molecule has 0 bridgehead atoms. The van der Waals surface area contributed by atoms with Crippen molar-refractivity contribution in [3.05, 3.63) is 65.0 Å². The molecular formula is C19H18N4O3. The van der Waals surface area contributed by atoms with Crippen LogP contribution in [0.2, 0.25) is 0 Å². The first kappa shape index (κ1) is 16.3. The fraction of sp³-hybridized carbons (Fsp3) is 0.211. The lowest BCUT2D eigenvalue weighted by Crippen LogP contribution is -2.33. The van der Waals surface area contributed by atoms with Gasteiger partial charge in [0.05, 0.1) is 6.42 Å². The molecule has 0 aliphatic carbocycles. The summed E-state index contributed by atoms with van der Waals surface area (Å²) >= 11 is 0. The van der Waals surface area contributed by atoms with Gasteiger partial charge in [0, 0.05) is 48.5 Å². The van der Waals surface area contributed by atoms with Crippen LogP contribution in [0.4, 0.5) is 0 Å². The molecule has 0 radical (unpaired) electrons. The van der Waals surface area contributed by atoms with E-state index in [2.05, 4.69) is 9.55 Å². The van der Waals surface area contributed by atoms with Gasteiger partial charge < -0.3 is 9.47 Å². The van der Waals surface area contributed by atoms with Crippen LogP contribution in [-0.4, -0.2) is 38.5 Å². The van der Waals surface area contributed by atoms with Gasteiger partial charge in [-0.3, -0.25) is 14.8 Å². The SMILES string of the molecule is CN1Cc2c(n(Cc3ccc(C(=O)NO)cc3)c3ncccc23)CC1=O. The van der Waals surface area contributed by atoms with Crippen molar-refractivity contribution >= 4 is 22.8 Å². The first-order chi connectivity index (χ1) is 12.6. The number of likely N-dealkylation sites (N-methyl/N-ethyl adjacent to an activating group) is 1. The highest BCUT2D eigenvalue weighted by Crippen LogP contribution is 2.30. The van der Waals surface area contributed by atoms with E-state index in [0.29, 0.717) is 25.1 Å². The summed E-state index contributed by atoms with van der Waals surface area (Å²) in [4.78, 5) is 29.9. The standard InChI is InChI=1S/C19H18N4O3/c1-22-11-15-14-3-2-8-20-18(14)23(16(15)9-17(22)24)10-12-4-6-13(7-5-12)19(25)21-26/h2-8,26H,9-11H2,1H3,(H,21,25). The van der Waals surface area contributed by atoms with Crippen molar-refractivity contribution in [2.75, 3.05) is 7.05 Å². The van der Waals surface area contributed by atoms with Crippen LogP contribution in [0.5, 0.6) is 0 Å². The molecule has 3 heterocycles. The van der Waals surface area contributed by atoms with Gasteiger partial charge in [-0.15, -0.1) is 0 Å². The average molecular weight is 350 g/mol. The predicted octanol–water partition coefficient (Wildman–Crippen LogP) is 1.72. The average Bonchev–Trinajstić information content (AvgIpc) is 2.95. The Morgan fingerprint density at radius 3 is 2.77 bits per heavy atom. The van der Waals surface area contributed by atoms with Crippen LogP contribution in [0.3, 0.4) is 0 Å². The van der Waals surface area contributed by atoms with Crippen molar-refractivity contribution in [1.29, 1.82) is 0 Å².